The van der Waals surface area contributed by atoms with Crippen molar-refractivity contribution in [2.75, 3.05) is 0 Å². The fourth-order valence-electron chi connectivity index (χ4n) is 2.28. The standard InChI is InChI=1S/C17H19FO/c1-12-11-13(9-10-15(12)18)16(19)17(2,3)14-7-5-4-6-8-14/h4-11,16,19H,1-3H3. The van der Waals surface area contributed by atoms with Gasteiger partial charge >= 0.3 is 0 Å². The van der Waals surface area contributed by atoms with Crippen LogP contribution in [0, 0.1) is 12.7 Å². The van der Waals surface area contributed by atoms with Gasteiger partial charge in [0.25, 0.3) is 0 Å². The molecule has 0 radical (unpaired) electrons. The Hall–Kier alpha value is -1.67. The molecule has 2 heteroatoms. The van der Waals surface area contributed by atoms with Gasteiger partial charge in [0.2, 0.25) is 0 Å². The molecule has 2 aromatic rings. The molecule has 0 saturated carbocycles. The summed E-state index contributed by atoms with van der Waals surface area (Å²) in [5, 5.41) is 10.6. The van der Waals surface area contributed by atoms with Crippen LogP contribution in [-0.2, 0) is 5.41 Å². The van der Waals surface area contributed by atoms with E-state index in [4.69, 9.17) is 0 Å². The van der Waals surface area contributed by atoms with Crippen molar-refractivity contribution in [2.45, 2.75) is 32.3 Å². The van der Waals surface area contributed by atoms with Crippen molar-refractivity contribution in [1.29, 1.82) is 0 Å². The maximum Gasteiger partial charge on any atom is 0.126 e. The van der Waals surface area contributed by atoms with E-state index in [-0.39, 0.29) is 5.82 Å². The lowest BCUT2D eigenvalue weighted by molar-refractivity contribution is 0.100. The second-order valence-corrected chi connectivity index (χ2v) is 5.50. The maximum atomic E-state index is 13.3. The molecule has 1 N–H and O–H groups in total. The molecule has 100 valence electrons. The first-order chi connectivity index (χ1) is 8.93. The Kier molecular flexibility index (Phi) is 3.72. The minimum Gasteiger partial charge on any atom is -0.388 e. The van der Waals surface area contributed by atoms with Crippen LogP contribution in [0.2, 0.25) is 0 Å². The lowest BCUT2D eigenvalue weighted by Gasteiger charge is -2.31. The summed E-state index contributed by atoms with van der Waals surface area (Å²) in [6.45, 7) is 5.69. The van der Waals surface area contributed by atoms with Gasteiger partial charge in [0.15, 0.2) is 0 Å². The van der Waals surface area contributed by atoms with Crippen molar-refractivity contribution < 1.29 is 9.50 Å². The van der Waals surface area contributed by atoms with Crippen LogP contribution in [0.5, 0.6) is 0 Å². The van der Waals surface area contributed by atoms with E-state index in [1.165, 1.54) is 6.07 Å². The molecule has 0 aliphatic rings. The van der Waals surface area contributed by atoms with E-state index >= 15 is 0 Å². The quantitative estimate of drug-likeness (QED) is 0.877. The van der Waals surface area contributed by atoms with Gasteiger partial charge in [0.05, 0.1) is 6.10 Å². The van der Waals surface area contributed by atoms with Gasteiger partial charge in [-0.3, -0.25) is 0 Å². The molecule has 0 aromatic heterocycles. The number of aliphatic hydroxyl groups excluding tert-OH is 1. The number of benzene rings is 2. The Balaban J connectivity index is 2.37. The summed E-state index contributed by atoms with van der Waals surface area (Å²) < 4.78 is 13.3. The molecule has 0 aliphatic heterocycles. The van der Waals surface area contributed by atoms with Crippen molar-refractivity contribution in [1.82, 2.24) is 0 Å². The second-order valence-electron chi connectivity index (χ2n) is 5.50. The monoisotopic (exact) mass is 258 g/mol. The Bertz CT molecular complexity index is 561. The Morgan fingerprint density at radius 1 is 1.05 bits per heavy atom. The molecule has 1 atom stereocenters. The lowest BCUT2D eigenvalue weighted by atomic mass is 9.76. The Morgan fingerprint density at radius 2 is 1.68 bits per heavy atom. The van der Waals surface area contributed by atoms with Gasteiger partial charge in [-0.15, -0.1) is 0 Å². The number of rotatable bonds is 3. The highest BCUT2D eigenvalue weighted by molar-refractivity contribution is 5.32. The third-order valence-electron chi connectivity index (χ3n) is 3.70. The highest BCUT2D eigenvalue weighted by Gasteiger charge is 2.31. The average Bonchev–Trinajstić information content (AvgIpc) is 2.42. The summed E-state index contributed by atoms with van der Waals surface area (Å²) in [6.07, 6.45) is -0.672. The first-order valence-corrected chi connectivity index (χ1v) is 6.42. The van der Waals surface area contributed by atoms with Crippen LogP contribution < -0.4 is 0 Å². The van der Waals surface area contributed by atoms with Gasteiger partial charge in [0, 0.05) is 5.41 Å². The predicted molar refractivity (Wildman–Crippen MR) is 75.6 cm³/mol. The van der Waals surface area contributed by atoms with Crippen LogP contribution in [0.25, 0.3) is 0 Å². The van der Waals surface area contributed by atoms with E-state index in [0.717, 1.165) is 11.1 Å². The molecule has 1 unspecified atom stereocenters. The number of halogens is 1. The van der Waals surface area contributed by atoms with E-state index in [1.807, 2.05) is 44.2 Å². The number of hydrogen-bond acceptors (Lipinski definition) is 1. The Labute approximate surface area is 113 Å². The minimum absolute atomic E-state index is 0.242. The van der Waals surface area contributed by atoms with Gasteiger partial charge in [-0.1, -0.05) is 56.3 Å². The molecule has 2 aromatic carbocycles. The molecular weight excluding hydrogens is 239 g/mol. The fourth-order valence-corrected chi connectivity index (χ4v) is 2.28. The van der Waals surface area contributed by atoms with E-state index in [1.54, 1.807) is 19.1 Å². The molecule has 0 aliphatic carbocycles. The van der Waals surface area contributed by atoms with Gasteiger partial charge in [-0.2, -0.15) is 0 Å². The zero-order valence-electron chi connectivity index (χ0n) is 11.5. The molecule has 0 amide bonds. The largest absolute Gasteiger partial charge is 0.388 e. The third-order valence-corrected chi connectivity index (χ3v) is 3.70. The van der Waals surface area contributed by atoms with Crippen molar-refractivity contribution >= 4 is 0 Å². The van der Waals surface area contributed by atoms with Gasteiger partial charge in [0.1, 0.15) is 5.82 Å². The van der Waals surface area contributed by atoms with Gasteiger partial charge in [-0.25, -0.2) is 4.39 Å². The summed E-state index contributed by atoms with van der Waals surface area (Å²) in [5.74, 6) is -0.242. The van der Waals surface area contributed by atoms with Crippen LogP contribution in [-0.4, -0.2) is 5.11 Å². The van der Waals surface area contributed by atoms with Crippen LogP contribution >= 0.6 is 0 Å². The maximum absolute atomic E-state index is 13.3. The van der Waals surface area contributed by atoms with E-state index in [2.05, 4.69) is 0 Å². The number of aliphatic hydroxyl groups is 1. The van der Waals surface area contributed by atoms with E-state index < -0.39 is 11.5 Å². The molecule has 0 fully saturated rings. The molecule has 0 bridgehead atoms. The molecule has 0 spiro atoms. The van der Waals surface area contributed by atoms with E-state index in [0.29, 0.717) is 5.56 Å². The van der Waals surface area contributed by atoms with Crippen molar-refractivity contribution in [2.24, 2.45) is 0 Å². The van der Waals surface area contributed by atoms with Crippen LogP contribution in [0.15, 0.2) is 48.5 Å². The number of aryl methyl sites for hydroxylation is 1. The number of hydrogen-bond donors (Lipinski definition) is 1. The summed E-state index contributed by atoms with van der Waals surface area (Å²) in [4.78, 5) is 0. The van der Waals surface area contributed by atoms with Crippen LogP contribution in [0.4, 0.5) is 4.39 Å². The SMILES string of the molecule is Cc1cc(C(O)C(C)(C)c2ccccc2)ccc1F. The Morgan fingerprint density at radius 3 is 2.26 bits per heavy atom. The molecule has 19 heavy (non-hydrogen) atoms. The van der Waals surface area contributed by atoms with Crippen molar-refractivity contribution in [3.05, 3.63) is 71.0 Å². The third kappa shape index (κ3) is 2.69. The average molecular weight is 258 g/mol. The van der Waals surface area contributed by atoms with E-state index in [9.17, 15) is 9.50 Å². The minimum atomic E-state index is -0.672. The highest BCUT2D eigenvalue weighted by Crippen LogP contribution is 2.37. The normalized spacial score (nSPS) is 13.3. The molecule has 2 rings (SSSR count). The summed E-state index contributed by atoms with van der Waals surface area (Å²) >= 11 is 0. The van der Waals surface area contributed by atoms with Crippen molar-refractivity contribution in [3.8, 4) is 0 Å². The summed E-state index contributed by atoms with van der Waals surface area (Å²) in [5.41, 5.74) is 1.93. The zero-order chi connectivity index (χ0) is 14.0. The first-order valence-electron chi connectivity index (χ1n) is 6.42. The summed E-state index contributed by atoms with van der Waals surface area (Å²) in [6, 6.07) is 14.6. The zero-order valence-corrected chi connectivity index (χ0v) is 11.5. The molecule has 0 heterocycles. The van der Waals surface area contributed by atoms with Crippen LogP contribution in [0.1, 0.15) is 36.6 Å². The van der Waals surface area contributed by atoms with Crippen LogP contribution in [0.3, 0.4) is 0 Å². The molecule has 0 saturated heterocycles. The topological polar surface area (TPSA) is 20.2 Å². The van der Waals surface area contributed by atoms with Gasteiger partial charge < -0.3 is 5.11 Å². The highest BCUT2D eigenvalue weighted by atomic mass is 19.1. The smallest absolute Gasteiger partial charge is 0.126 e. The second kappa shape index (κ2) is 5.14. The molecule has 1 nitrogen and oxygen atoms in total. The summed E-state index contributed by atoms with van der Waals surface area (Å²) in [7, 11) is 0. The molecular formula is C17H19FO. The lowest BCUT2D eigenvalue weighted by Crippen LogP contribution is -2.26. The van der Waals surface area contributed by atoms with Crippen molar-refractivity contribution in [3.63, 3.8) is 0 Å². The fraction of sp³-hybridized carbons (Fsp3) is 0.294. The first kappa shape index (κ1) is 13.8. The predicted octanol–water partition coefficient (Wildman–Crippen LogP) is 4.15. The van der Waals surface area contributed by atoms with Gasteiger partial charge in [-0.05, 0) is 29.7 Å².